The number of thiophene rings is 1. The lowest BCUT2D eigenvalue weighted by Crippen LogP contribution is -1.98. The zero-order valence-corrected chi connectivity index (χ0v) is 27.5. The molecule has 0 radical (unpaired) electrons. The van der Waals surface area contributed by atoms with Crippen molar-refractivity contribution in [2.24, 2.45) is 0 Å². The molecule has 0 bridgehead atoms. The summed E-state index contributed by atoms with van der Waals surface area (Å²) in [6.07, 6.45) is 1.82. The smallest absolute Gasteiger partial charge is 0.160 e. The van der Waals surface area contributed by atoms with Crippen molar-refractivity contribution in [2.75, 3.05) is 0 Å². The standard InChI is InChI=1S/C45H26N4S/c1-2-12-28-25-29(23-22-27(28)11-1)41-42-36(19-10-24-46-42)47-45(48-41)30-13-9-14-31(26-30)49-37-20-7-5-17-34(37)39-32-15-3-4-16-33(32)40-35-18-6-8-21-38(35)50-44(40)43(39)49/h1-26H. The topological polar surface area (TPSA) is 43.6 Å². The van der Waals surface area contributed by atoms with E-state index in [4.69, 9.17) is 15.0 Å². The molecule has 0 atom stereocenters. The van der Waals surface area contributed by atoms with Crippen LogP contribution in [0.3, 0.4) is 0 Å². The van der Waals surface area contributed by atoms with Gasteiger partial charge in [0.25, 0.3) is 0 Å². The van der Waals surface area contributed by atoms with Crippen LogP contribution in [0.25, 0.3) is 103 Å². The van der Waals surface area contributed by atoms with Crippen LogP contribution in [-0.4, -0.2) is 19.5 Å². The van der Waals surface area contributed by atoms with Gasteiger partial charge in [-0.25, -0.2) is 9.97 Å². The van der Waals surface area contributed by atoms with Gasteiger partial charge in [-0.05, 0) is 64.0 Å². The third-order valence-electron chi connectivity index (χ3n) is 9.99. The van der Waals surface area contributed by atoms with Crippen molar-refractivity contribution < 1.29 is 0 Å². The molecule has 0 N–H and O–H groups in total. The summed E-state index contributed by atoms with van der Waals surface area (Å²) in [4.78, 5) is 15.1. The Hall–Kier alpha value is -6.43. The van der Waals surface area contributed by atoms with E-state index < -0.39 is 0 Å². The summed E-state index contributed by atoms with van der Waals surface area (Å²) in [5.41, 5.74) is 7.91. The van der Waals surface area contributed by atoms with Crippen LogP contribution in [-0.2, 0) is 0 Å². The molecule has 0 aliphatic heterocycles. The van der Waals surface area contributed by atoms with Gasteiger partial charge >= 0.3 is 0 Å². The predicted octanol–water partition coefficient (Wildman–Crippen LogP) is 12.1. The van der Waals surface area contributed by atoms with E-state index in [1.54, 1.807) is 0 Å². The van der Waals surface area contributed by atoms with Gasteiger partial charge in [0.05, 0.1) is 21.3 Å². The summed E-state index contributed by atoms with van der Waals surface area (Å²) in [5, 5.41) is 10.1. The zero-order chi connectivity index (χ0) is 32.8. The molecule has 0 spiro atoms. The molecule has 0 saturated carbocycles. The quantitative estimate of drug-likeness (QED) is 0.190. The summed E-state index contributed by atoms with van der Waals surface area (Å²) in [5.74, 6) is 0.675. The van der Waals surface area contributed by atoms with E-state index in [0.29, 0.717) is 5.82 Å². The molecular weight excluding hydrogens is 629 g/mol. The lowest BCUT2D eigenvalue weighted by molar-refractivity contribution is 1.17. The summed E-state index contributed by atoms with van der Waals surface area (Å²) in [6.45, 7) is 0. The van der Waals surface area contributed by atoms with Crippen molar-refractivity contribution in [3.63, 3.8) is 0 Å². The fourth-order valence-corrected chi connectivity index (χ4v) is 9.07. The molecule has 4 aromatic heterocycles. The normalized spacial score (nSPS) is 12.0. The van der Waals surface area contributed by atoms with Crippen LogP contribution in [0.5, 0.6) is 0 Å². The minimum absolute atomic E-state index is 0.675. The molecule has 232 valence electrons. The molecule has 4 heterocycles. The van der Waals surface area contributed by atoms with Crippen LogP contribution >= 0.6 is 11.3 Å². The van der Waals surface area contributed by atoms with Crippen molar-refractivity contribution in [2.45, 2.75) is 0 Å². The molecule has 5 heteroatoms. The lowest BCUT2D eigenvalue weighted by atomic mass is 9.99. The van der Waals surface area contributed by atoms with Gasteiger partial charge in [-0.2, -0.15) is 0 Å². The predicted molar refractivity (Wildman–Crippen MR) is 210 cm³/mol. The van der Waals surface area contributed by atoms with E-state index in [2.05, 4.69) is 144 Å². The van der Waals surface area contributed by atoms with Crippen LogP contribution in [0.1, 0.15) is 0 Å². The van der Waals surface area contributed by atoms with E-state index in [1.807, 2.05) is 29.7 Å². The molecule has 7 aromatic carbocycles. The first-order valence-corrected chi connectivity index (χ1v) is 17.6. The third kappa shape index (κ3) is 3.95. The second-order valence-electron chi connectivity index (χ2n) is 12.8. The maximum atomic E-state index is 5.23. The fraction of sp³-hybridized carbons (Fsp3) is 0. The number of fused-ring (bicyclic) bond motifs is 12. The van der Waals surface area contributed by atoms with Gasteiger partial charge in [-0.3, -0.25) is 4.98 Å². The zero-order valence-electron chi connectivity index (χ0n) is 26.7. The second-order valence-corrected chi connectivity index (χ2v) is 13.9. The molecule has 50 heavy (non-hydrogen) atoms. The van der Waals surface area contributed by atoms with Crippen LogP contribution in [0.4, 0.5) is 0 Å². The molecule has 0 aliphatic carbocycles. The lowest BCUT2D eigenvalue weighted by Gasteiger charge is -2.13. The Morgan fingerprint density at radius 3 is 2.18 bits per heavy atom. The minimum Gasteiger partial charge on any atom is -0.308 e. The summed E-state index contributed by atoms with van der Waals surface area (Å²) in [7, 11) is 0. The highest BCUT2D eigenvalue weighted by Crippen LogP contribution is 2.48. The van der Waals surface area contributed by atoms with Gasteiger partial charge in [0.1, 0.15) is 11.2 Å². The molecule has 11 aromatic rings. The van der Waals surface area contributed by atoms with Gasteiger partial charge in [-0.1, -0.05) is 109 Å². The first-order valence-electron chi connectivity index (χ1n) is 16.8. The Bertz CT molecular complexity index is 3170. The van der Waals surface area contributed by atoms with E-state index in [-0.39, 0.29) is 0 Å². The molecule has 11 rings (SSSR count). The Labute approximate surface area is 290 Å². The van der Waals surface area contributed by atoms with Gasteiger partial charge < -0.3 is 4.57 Å². The van der Waals surface area contributed by atoms with Crippen LogP contribution in [0.2, 0.25) is 0 Å². The molecule has 0 unspecified atom stereocenters. The Kier molecular flexibility index (Phi) is 5.80. The molecule has 0 saturated heterocycles. The minimum atomic E-state index is 0.675. The number of hydrogen-bond acceptors (Lipinski definition) is 4. The van der Waals surface area contributed by atoms with Gasteiger partial charge in [-0.15, -0.1) is 11.3 Å². The Balaban J connectivity index is 1.20. The van der Waals surface area contributed by atoms with Gasteiger partial charge in [0.15, 0.2) is 5.82 Å². The maximum Gasteiger partial charge on any atom is 0.160 e. The fourth-order valence-electron chi connectivity index (χ4n) is 7.81. The number of para-hydroxylation sites is 1. The van der Waals surface area contributed by atoms with Crippen LogP contribution in [0, 0.1) is 0 Å². The maximum absolute atomic E-state index is 5.23. The number of rotatable bonds is 3. The summed E-state index contributed by atoms with van der Waals surface area (Å²) >= 11 is 1.88. The van der Waals surface area contributed by atoms with E-state index in [9.17, 15) is 0 Å². The molecule has 4 nitrogen and oxygen atoms in total. The highest BCUT2D eigenvalue weighted by atomic mass is 32.1. The number of pyridine rings is 1. The van der Waals surface area contributed by atoms with E-state index in [0.717, 1.165) is 33.5 Å². The first-order chi connectivity index (χ1) is 24.8. The summed E-state index contributed by atoms with van der Waals surface area (Å²) < 4.78 is 5.05. The Morgan fingerprint density at radius 1 is 0.520 bits per heavy atom. The highest BCUT2D eigenvalue weighted by molar-refractivity contribution is 7.27. The van der Waals surface area contributed by atoms with Crippen molar-refractivity contribution >= 4 is 85.9 Å². The second kappa shape index (κ2) is 10.5. The van der Waals surface area contributed by atoms with Crippen molar-refractivity contribution in [3.8, 4) is 28.3 Å². The monoisotopic (exact) mass is 654 g/mol. The van der Waals surface area contributed by atoms with Crippen molar-refractivity contribution in [1.29, 1.82) is 0 Å². The average molecular weight is 655 g/mol. The van der Waals surface area contributed by atoms with Crippen LogP contribution in [0.15, 0.2) is 158 Å². The van der Waals surface area contributed by atoms with Gasteiger partial charge in [0, 0.05) is 49.3 Å². The third-order valence-corrected chi connectivity index (χ3v) is 11.2. The van der Waals surface area contributed by atoms with Crippen molar-refractivity contribution in [1.82, 2.24) is 19.5 Å². The van der Waals surface area contributed by atoms with E-state index in [1.165, 1.54) is 63.5 Å². The molecule has 0 fully saturated rings. The molecular formula is C45H26N4S. The van der Waals surface area contributed by atoms with Crippen molar-refractivity contribution in [3.05, 3.63) is 158 Å². The van der Waals surface area contributed by atoms with E-state index >= 15 is 0 Å². The number of aromatic nitrogens is 4. The number of hydrogen-bond donors (Lipinski definition) is 0. The Morgan fingerprint density at radius 2 is 1.28 bits per heavy atom. The summed E-state index contributed by atoms with van der Waals surface area (Å²) in [6, 6.07) is 54.0. The number of nitrogens with zero attached hydrogens (tertiary/aromatic N) is 4. The highest BCUT2D eigenvalue weighted by Gasteiger charge is 2.22. The SMILES string of the molecule is c1cc(-c2nc(-c3ccc4ccccc4c3)c3ncccc3n2)cc(-n2c3ccccc3c3c4ccccc4c4c5ccccc5sc4c32)c1. The largest absolute Gasteiger partial charge is 0.308 e. The molecule has 0 aliphatic rings. The van der Waals surface area contributed by atoms with Gasteiger partial charge in [0.2, 0.25) is 0 Å². The number of benzene rings is 7. The average Bonchev–Trinajstić information content (AvgIpc) is 3.74. The first kappa shape index (κ1) is 27.5. The molecule has 0 amide bonds. The van der Waals surface area contributed by atoms with Crippen LogP contribution < -0.4 is 0 Å².